The summed E-state index contributed by atoms with van der Waals surface area (Å²) in [5.74, 6) is 0.122. The molecule has 1 aromatic carbocycles. The summed E-state index contributed by atoms with van der Waals surface area (Å²) in [7, 11) is 0. The monoisotopic (exact) mass is 249 g/mol. The molecule has 0 fully saturated rings. The molecule has 1 aromatic rings. The molecule has 0 heterocycles. The summed E-state index contributed by atoms with van der Waals surface area (Å²) in [4.78, 5) is 11.4. The van der Waals surface area contributed by atoms with Crippen LogP contribution in [0, 0.1) is 0 Å². The molecule has 1 amide bonds. The van der Waals surface area contributed by atoms with E-state index in [4.69, 9.17) is 10.9 Å². The van der Waals surface area contributed by atoms with Crippen LogP contribution in [0.15, 0.2) is 35.5 Å². The van der Waals surface area contributed by atoms with E-state index in [-0.39, 0.29) is 11.7 Å². The molecule has 0 bridgehead atoms. The summed E-state index contributed by atoms with van der Waals surface area (Å²) >= 11 is 0. The second-order valence-electron chi connectivity index (χ2n) is 4.03. The maximum Gasteiger partial charge on any atom is 0.220 e. The second-order valence-corrected chi connectivity index (χ2v) is 4.03. The smallest absolute Gasteiger partial charge is 0.220 e. The average Bonchev–Trinajstić information content (AvgIpc) is 2.39. The quantitative estimate of drug-likeness (QED) is 0.294. The highest BCUT2D eigenvalue weighted by Crippen LogP contribution is 2.04. The lowest BCUT2D eigenvalue weighted by molar-refractivity contribution is -0.121. The van der Waals surface area contributed by atoms with Crippen LogP contribution in [0.1, 0.15) is 24.8 Å². The Morgan fingerprint density at radius 1 is 1.28 bits per heavy atom. The molecule has 0 aromatic heterocycles. The molecule has 0 aliphatic carbocycles. The minimum atomic E-state index is -0.00308. The zero-order chi connectivity index (χ0) is 13.2. The average molecular weight is 249 g/mol. The number of oxime groups is 1. The van der Waals surface area contributed by atoms with Crippen molar-refractivity contribution in [1.29, 1.82) is 0 Å². The Hall–Kier alpha value is -2.04. The van der Waals surface area contributed by atoms with Crippen molar-refractivity contribution in [1.82, 2.24) is 5.32 Å². The molecular weight excluding hydrogens is 230 g/mol. The lowest BCUT2D eigenvalue weighted by Crippen LogP contribution is -2.27. The van der Waals surface area contributed by atoms with Crippen molar-refractivity contribution in [3.05, 3.63) is 35.9 Å². The molecule has 1 rings (SSSR count). The maximum atomic E-state index is 11.4. The van der Waals surface area contributed by atoms with Crippen molar-refractivity contribution in [2.45, 2.75) is 25.7 Å². The molecule has 5 nitrogen and oxygen atoms in total. The SMILES string of the molecule is NC(CCNC(=O)CCCc1ccccc1)=NO. The summed E-state index contributed by atoms with van der Waals surface area (Å²) in [6, 6.07) is 10.1. The Morgan fingerprint density at radius 2 is 2.00 bits per heavy atom. The van der Waals surface area contributed by atoms with Gasteiger partial charge in [-0.25, -0.2) is 0 Å². The molecule has 0 atom stereocenters. The van der Waals surface area contributed by atoms with Crippen molar-refractivity contribution < 1.29 is 10.0 Å². The molecule has 0 radical (unpaired) electrons. The number of aryl methyl sites for hydroxylation is 1. The van der Waals surface area contributed by atoms with Gasteiger partial charge in [0.1, 0.15) is 5.84 Å². The molecule has 4 N–H and O–H groups in total. The van der Waals surface area contributed by atoms with Gasteiger partial charge in [0.05, 0.1) is 0 Å². The first-order valence-corrected chi connectivity index (χ1v) is 5.99. The number of hydrogen-bond acceptors (Lipinski definition) is 3. The van der Waals surface area contributed by atoms with Crippen LogP contribution in [0.5, 0.6) is 0 Å². The number of benzene rings is 1. The van der Waals surface area contributed by atoms with Crippen LogP contribution in [0.25, 0.3) is 0 Å². The van der Waals surface area contributed by atoms with E-state index in [0.717, 1.165) is 12.8 Å². The number of hydrogen-bond donors (Lipinski definition) is 3. The van der Waals surface area contributed by atoms with E-state index >= 15 is 0 Å². The third-order valence-corrected chi connectivity index (χ3v) is 2.54. The molecule has 0 spiro atoms. The molecule has 0 unspecified atom stereocenters. The lowest BCUT2D eigenvalue weighted by atomic mass is 10.1. The Labute approximate surface area is 107 Å². The predicted octanol–water partition coefficient (Wildman–Crippen LogP) is 1.26. The standard InChI is InChI=1S/C13H19N3O2/c14-12(16-18)9-10-15-13(17)8-4-7-11-5-2-1-3-6-11/h1-3,5-6,18H,4,7-10H2,(H2,14,16)(H,15,17). The van der Waals surface area contributed by atoms with E-state index in [2.05, 4.69) is 22.6 Å². The van der Waals surface area contributed by atoms with Gasteiger partial charge in [-0.2, -0.15) is 0 Å². The molecule has 0 aliphatic heterocycles. The number of rotatable bonds is 7. The second kappa shape index (κ2) is 8.11. The Kier molecular flexibility index (Phi) is 6.32. The van der Waals surface area contributed by atoms with Gasteiger partial charge >= 0.3 is 0 Å². The van der Waals surface area contributed by atoms with Gasteiger partial charge < -0.3 is 16.3 Å². The van der Waals surface area contributed by atoms with Crippen molar-refractivity contribution in [3.63, 3.8) is 0 Å². The maximum absolute atomic E-state index is 11.4. The van der Waals surface area contributed by atoms with Crippen LogP contribution in [-0.4, -0.2) is 23.5 Å². The first-order valence-electron chi connectivity index (χ1n) is 5.99. The predicted molar refractivity (Wildman–Crippen MR) is 70.4 cm³/mol. The topological polar surface area (TPSA) is 87.7 Å². The summed E-state index contributed by atoms with van der Waals surface area (Å²) in [5.41, 5.74) is 6.52. The minimum absolute atomic E-state index is 0.00308. The van der Waals surface area contributed by atoms with Gasteiger partial charge in [0.2, 0.25) is 5.91 Å². The summed E-state index contributed by atoms with van der Waals surface area (Å²) in [6.45, 7) is 0.403. The molecule has 5 heteroatoms. The van der Waals surface area contributed by atoms with Crippen LogP contribution in [0.3, 0.4) is 0 Å². The highest BCUT2D eigenvalue weighted by molar-refractivity contribution is 5.81. The van der Waals surface area contributed by atoms with Crippen molar-refractivity contribution in [2.24, 2.45) is 10.9 Å². The van der Waals surface area contributed by atoms with Crippen LogP contribution in [-0.2, 0) is 11.2 Å². The van der Waals surface area contributed by atoms with Gasteiger partial charge in [0.25, 0.3) is 0 Å². The van der Waals surface area contributed by atoms with Crippen LogP contribution < -0.4 is 11.1 Å². The van der Waals surface area contributed by atoms with E-state index in [1.807, 2.05) is 18.2 Å². The molecule has 0 saturated heterocycles. The third kappa shape index (κ3) is 5.89. The Bertz CT molecular complexity index is 390. The highest BCUT2D eigenvalue weighted by atomic mass is 16.4. The first-order chi connectivity index (χ1) is 8.72. The fraction of sp³-hybridized carbons (Fsp3) is 0.385. The van der Waals surface area contributed by atoms with Gasteiger partial charge in [-0.1, -0.05) is 35.5 Å². The fourth-order valence-electron chi connectivity index (χ4n) is 1.57. The van der Waals surface area contributed by atoms with E-state index in [1.165, 1.54) is 5.56 Å². The molecule has 18 heavy (non-hydrogen) atoms. The van der Waals surface area contributed by atoms with Crippen molar-refractivity contribution in [2.75, 3.05) is 6.54 Å². The summed E-state index contributed by atoms with van der Waals surface area (Å²) in [5, 5.41) is 13.9. The number of carbonyl (C=O) groups is 1. The number of nitrogens with zero attached hydrogens (tertiary/aromatic N) is 1. The zero-order valence-corrected chi connectivity index (χ0v) is 10.3. The lowest BCUT2D eigenvalue weighted by Gasteiger charge is -2.04. The largest absolute Gasteiger partial charge is 0.409 e. The first kappa shape index (κ1) is 14.0. The number of carbonyl (C=O) groups excluding carboxylic acids is 1. The fourth-order valence-corrected chi connectivity index (χ4v) is 1.57. The molecular formula is C13H19N3O2. The van der Waals surface area contributed by atoms with Gasteiger partial charge in [-0.15, -0.1) is 0 Å². The third-order valence-electron chi connectivity index (χ3n) is 2.54. The van der Waals surface area contributed by atoms with E-state index in [0.29, 0.717) is 19.4 Å². The van der Waals surface area contributed by atoms with E-state index in [1.54, 1.807) is 0 Å². The van der Waals surface area contributed by atoms with Gasteiger partial charge in [0.15, 0.2) is 0 Å². The van der Waals surface area contributed by atoms with Crippen LogP contribution in [0.2, 0.25) is 0 Å². The number of nitrogens with one attached hydrogen (secondary N) is 1. The van der Waals surface area contributed by atoms with Gasteiger partial charge in [-0.3, -0.25) is 4.79 Å². The Balaban J connectivity index is 2.10. The van der Waals surface area contributed by atoms with Crippen molar-refractivity contribution >= 4 is 11.7 Å². The molecule has 98 valence electrons. The highest BCUT2D eigenvalue weighted by Gasteiger charge is 2.01. The molecule has 0 aliphatic rings. The van der Waals surface area contributed by atoms with Gasteiger partial charge in [0, 0.05) is 19.4 Å². The number of amides is 1. The minimum Gasteiger partial charge on any atom is -0.409 e. The number of nitrogens with two attached hydrogens (primary N) is 1. The van der Waals surface area contributed by atoms with Crippen LogP contribution >= 0.6 is 0 Å². The summed E-state index contributed by atoms with van der Waals surface area (Å²) < 4.78 is 0. The van der Waals surface area contributed by atoms with E-state index < -0.39 is 0 Å². The Morgan fingerprint density at radius 3 is 2.67 bits per heavy atom. The molecule has 0 saturated carbocycles. The van der Waals surface area contributed by atoms with Gasteiger partial charge in [-0.05, 0) is 18.4 Å². The van der Waals surface area contributed by atoms with Crippen molar-refractivity contribution in [3.8, 4) is 0 Å². The zero-order valence-electron chi connectivity index (χ0n) is 10.3. The summed E-state index contributed by atoms with van der Waals surface area (Å²) in [6.07, 6.45) is 2.57. The number of amidine groups is 1. The normalized spacial score (nSPS) is 11.2. The van der Waals surface area contributed by atoms with E-state index in [9.17, 15) is 4.79 Å². The van der Waals surface area contributed by atoms with Crippen LogP contribution in [0.4, 0.5) is 0 Å².